The van der Waals surface area contributed by atoms with Gasteiger partial charge in [0, 0.05) is 52.3 Å². The van der Waals surface area contributed by atoms with Crippen molar-refractivity contribution in [1.29, 1.82) is 0 Å². The molecule has 1 aromatic heterocycles. The maximum absolute atomic E-state index is 13.9. The number of carbonyl (C=O) groups is 1. The van der Waals surface area contributed by atoms with Crippen molar-refractivity contribution in [2.75, 3.05) is 32.1 Å². The summed E-state index contributed by atoms with van der Waals surface area (Å²) < 4.78 is 0. The fraction of sp³-hybridized carbons (Fsp3) is 0.433. The molecule has 0 radical (unpaired) electrons. The fourth-order valence-electron chi connectivity index (χ4n) is 5.64. The number of nitrogens with one attached hydrogen (secondary N) is 1. The van der Waals surface area contributed by atoms with Crippen LogP contribution in [-0.2, 0) is 5.41 Å². The quantitative estimate of drug-likeness (QED) is 0.313. The SMILES string of the molecule is CN(C)C1CCN(c2cc3c(cc2Cl)C(=O)c2c([nH]c4cc(C#C[Si](C)(C)C)ccc24)C3(C)C)CC1. The van der Waals surface area contributed by atoms with Crippen molar-refractivity contribution >= 4 is 42.0 Å². The number of aromatic nitrogens is 1. The third-order valence-electron chi connectivity index (χ3n) is 7.77. The van der Waals surface area contributed by atoms with Crippen LogP contribution in [0.1, 0.15) is 59.4 Å². The van der Waals surface area contributed by atoms with E-state index in [9.17, 15) is 4.79 Å². The van der Waals surface area contributed by atoms with E-state index in [1.807, 2.05) is 18.2 Å². The van der Waals surface area contributed by atoms with Crippen molar-refractivity contribution < 1.29 is 4.79 Å². The highest BCUT2D eigenvalue weighted by molar-refractivity contribution is 6.83. The first-order valence-corrected chi connectivity index (χ1v) is 16.7. The monoisotopic (exact) mass is 517 g/mol. The molecule has 188 valence electrons. The second kappa shape index (κ2) is 8.80. The summed E-state index contributed by atoms with van der Waals surface area (Å²) in [4.78, 5) is 22.2. The summed E-state index contributed by atoms with van der Waals surface area (Å²) in [5.74, 6) is 3.40. The van der Waals surface area contributed by atoms with Crippen LogP contribution in [0.3, 0.4) is 0 Å². The summed E-state index contributed by atoms with van der Waals surface area (Å²) in [6, 6.07) is 10.8. The summed E-state index contributed by atoms with van der Waals surface area (Å²) in [5.41, 5.74) is 9.57. The molecule has 2 aliphatic rings. The number of carbonyl (C=O) groups excluding carboxylic acids is 1. The van der Waals surface area contributed by atoms with E-state index in [0.29, 0.717) is 16.6 Å². The van der Waals surface area contributed by atoms with Crippen molar-refractivity contribution in [2.24, 2.45) is 0 Å². The molecule has 0 amide bonds. The first-order valence-electron chi connectivity index (χ1n) is 12.9. The Hall–Kier alpha value is -2.52. The molecule has 0 atom stereocenters. The lowest BCUT2D eigenvalue weighted by molar-refractivity contribution is 0.103. The first kappa shape index (κ1) is 25.1. The van der Waals surface area contributed by atoms with Gasteiger partial charge in [-0.25, -0.2) is 0 Å². The fourth-order valence-corrected chi connectivity index (χ4v) is 6.44. The predicted octanol–water partition coefficient (Wildman–Crippen LogP) is 6.45. The van der Waals surface area contributed by atoms with Gasteiger partial charge in [0.2, 0.25) is 0 Å². The molecule has 5 rings (SSSR count). The molecule has 0 unspecified atom stereocenters. The zero-order valence-corrected chi connectivity index (χ0v) is 24.2. The number of anilines is 1. The lowest BCUT2D eigenvalue weighted by atomic mass is 9.71. The number of benzene rings is 2. The standard InChI is InChI=1S/C30H36ClN3OSi/c1-30(2)23-18-26(34-13-10-20(11-14-34)33(3)4)24(31)17-22(23)28(35)27-21-9-8-19(12-15-36(5,6)7)16-25(21)32-29(27)30/h8-9,16-18,20,32H,10-11,13-14H2,1-7H3. The molecule has 2 heterocycles. The minimum absolute atomic E-state index is 0.0475. The van der Waals surface area contributed by atoms with Gasteiger partial charge in [-0.1, -0.05) is 57.1 Å². The number of fused-ring (bicyclic) bond motifs is 4. The number of H-pyrrole nitrogens is 1. The third-order valence-corrected chi connectivity index (χ3v) is 8.95. The second-order valence-electron chi connectivity index (χ2n) is 12.1. The lowest BCUT2D eigenvalue weighted by Crippen LogP contribution is -2.42. The van der Waals surface area contributed by atoms with Crippen LogP contribution in [0.25, 0.3) is 10.9 Å². The van der Waals surface area contributed by atoms with Gasteiger partial charge in [0.25, 0.3) is 0 Å². The van der Waals surface area contributed by atoms with Crippen molar-refractivity contribution in [3.05, 3.63) is 63.3 Å². The Balaban J connectivity index is 1.57. The molecule has 1 aliphatic carbocycles. The average Bonchev–Trinajstić information content (AvgIpc) is 3.21. The molecular formula is C30H36ClN3OSi. The van der Waals surface area contributed by atoms with Crippen LogP contribution in [-0.4, -0.2) is 57.0 Å². The lowest BCUT2D eigenvalue weighted by Gasteiger charge is -2.38. The Morgan fingerprint density at radius 2 is 1.81 bits per heavy atom. The number of hydrogen-bond donors (Lipinski definition) is 1. The number of nitrogens with zero attached hydrogens (tertiary/aromatic N) is 2. The highest BCUT2D eigenvalue weighted by atomic mass is 35.5. The van der Waals surface area contributed by atoms with Crippen molar-refractivity contribution in [1.82, 2.24) is 9.88 Å². The van der Waals surface area contributed by atoms with Gasteiger partial charge < -0.3 is 14.8 Å². The minimum Gasteiger partial charge on any atom is -0.370 e. The van der Waals surface area contributed by atoms with Gasteiger partial charge in [-0.3, -0.25) is 4.79 Å². The maximum Gasteiger partial charge on any atom is 0.195 e. The van der Waals surface area contributed by atoms with Gasteiger partial charge in [0.05, 0.1) is 16.3 Å². The number of piperidine rings is 1. The Morgan fingerprint density at radius 1 is 1.11 bits per heavy atom. The normalized spacial score (nSPS) is 17.7. The van der Waals surface area contributed by atoms with Crippen LogP contribution in [0.15, 0.2) is 30.3 Å². The number of halogens is 1. The summed E-state index contributed by atoms with van der Waals surface area (Å²) in [5, 5.41) is 1.62. The molecule has 4 nitrogen and oxygen atoms in total. The molecule has 2 aromatic carbocycles. The third kappa shape index (κ3) is 4.30. The van der Waals surface area contributed by atoms with Crippen LogP contribution in [0.2, 0.25) is 24.7 Å². The molecule has 1 saturated heterocycles. The molecule has 0 spiro atoms. The maximum atomic E-state index is 13.9. The highest BCUT2D eigenvalue weighted by Crippen LogP contribution is 2.46. The molecule has 1 N–H and O–H groups in total. The average molecular weight is 518 g/mol. The van der Waals surface area contributed by atoms with Gasteiger partial charge in [-0.05, 0) is 56.8 Å². The summed E-state index contributed by atoms with van der Waals surface area (Å²) in [6.07, 6.45) is 2.22. The molecule has 1 fully saturated rings. The Bertz CT molecular complexity index is 1430. The predicted molar refractivity (Wildman–Crippen MR) is 154 cm³/mol. The summed E-state index contributed by atoms with van der Waals surface area (Å²) in [6.45, 7) is 13.1. The van der Waals surface area contributed by atoms with E-state index in [4.69, 9.17) is 11.6 Å². The van der Waals surface area contributed by atoms with E-state index in [1.54, 1.807) is 0 Å². The number of aromatic amines is 1. The van der Waals surface area contributed by atoms with Crippen molar-refractivity contribution in [3.63, 3.8) is 0 Å². The molecule has 3 aromatic rings. The Morgan fingerprint density at radius 3 is 2.44 bits per heavy atom. The molecule has 1 aliphatic heterocycles. The van der Waals surface area contributed by atoms with Gasteiger partial charge in [0.1, 0.15) is 8.07 Å². The molecule has 0 saturated carbocycles. The van der Waals surface area contributed by atoms with Crippen LogP contribution < -0.4 is 4.90 Å². The number of rotatable bonds is 2. The van der Waals surface area contributed by atoms with Crippen LogP contribution in [0.5, 0.6) is 0 Å². The van der Waals surface area contributed by atoms with Crippen LogP contribution >= 0.6 is 11.6 Å². The molecular weight excluding hydrogens is 482 g/mol. The van der Waals surface area contributed by atoms with Gasteiger partial charge >= 0.3 is 0 Å². The number of ketones is 1. The van der Waals surface area contributed by atoms with E-state index in [1.165, 1.54) is 0 Å². The van der Waals surface area contributed by atoms with E-state index in [0.717, 1.165) is 64.9 Å². The Kier molecular flexibility index (Phi) is 6.14. The van der Waals surface area contributed by atoms with Crippen molar-refractivity contribution in [3.8, 4) is 11.5 Å². The molecule has 36 heavy (non-hydrogen) atoms. The smallest absolute Gasteiger partial charge is 0.195 e. The van der Waals surface area contributed by atoms with Crippen molar-refractivity contribution in [2.45, 2.75) is 57.8 Å². The Labute approximate surface area is 221 Å². The van der Waals surface area contributed by atoms with E-state index in [-0.39, 0.29) is 11.2 Å². The van der Waals surface area contributed by atoms with Crippen LogP contribution in [0, 0.1) is 11.5 Å². The largest absolute Gasteiger partial charge is 0.370 e. The van der Waals surface area contributed by atoms with Gasteiger partial charge in [-0.2, -0.15) is 0 Å². The van der Waals surface area contributed by atoms with E-state index >= 15 is 0 Å². The minimum atomic E-state index is -1.47. The number of hydrogen-bond acceptors (Lipinski definition) is 3. The van der Waals surface area contributed by atoms with E-state index in [2.05, 4.69) is 86.0 Å². The zero-order chi connectivity index (χ0) is 26.0. The summed E-state index contributed by atoms with van der Waals surface area (Å²) in [7, 11) is 2.83. The highest BCUT2D eigenvalue weighted by Gasteiger charge is 2.40. The van der Waals surface area contributed by atoms with Gasteiger partial charge in [-0.15, -0.1) is 5.54 Å². The molecule has 0 bridgehead atoms. The summed E-state index contributed by atoms with van der Waals surface area (Å²) >= 11 is 6.84. The first-order chi connectivity index (χ1) is 16.9. The second-order valence-corrected chi connectivity index (χ2v) is 17.3. The van der Waals surface area contributed by atoms with Gasteiger partial charge in [0.15, 0.2) is 5.78 Å². The molecule has 6 heteroatoms. The van der Waals surface area contributed by atoms with Crippen LogP contribution in [0.4, 0.5) is 5.69 Å². The zero-order valence-electron chi connectivity index (χ0n) is 22.5. The van der Waals surface area contributed by atoms with E-state index < -0.39 is 8.07 Å². The topological polar surface area (TPSA) is 39.3 Å².